The molecule has 0 unspecified atom stereocenters. The SMILES string of the molecule is CC/C(=N\n1cnnc1)c1ccccc1. The highest BCUT2D eigenvalue weighted by Crippen LogP contribution is 2.04. The van der Waals surface area contributed by atoms with Crippen LogP contribution < -0.4 is 0 Å². The van der Waals surface area contributed by atoms with Gasteiger partial charge in [-0.25, -0.2) is 4.68 Å². The highest BCUT2D eigenvalue weighted by Gasteiger charge is 2.00. The Balaban J connectivity index is 2.33. The van der Waals surface area contributed by atoms with Crippen molar-refractivity contribution in [2.45, 2.75) is 13.3 Å². The van der Waals surface area contributed by atoms with E-state index in [0.717, 1.165) is 17.7 Å². The number of benzene rings is 1. The molecular weight excluding hydrogens is 188 g/mol. The number of hydrogen-bond acceptors (Lipinski definition) is 3. The molecule has 1 heterocycles. The van der Waals surface area contributed by atoms with E-state index in [2.05, 4.69) is 22.2 Å². The zero-order valence-corrected chi connectivity index (χ0v) is 8.54. The lowest BCUT2D eigenvalue weighted by molar-refractivity contribution is 0.864. The van der Waals surface area contributed by atoms with E-state index in [-0.39, 0.29) is 0 Å². The van der Waals surface area contributed by atoms with Gasteiger partial charge in [0.15, 0.2) is 0 Å². The van der Waals surface area contributed by atoms with Gasteiger partial charge in [0.05, 0.1) is 5.71 Å². The van der Waals surface area contributed by atoms with E-state index < -0.39 is 0 Å². The molecule has 2 aromatic rings. The molecular formula is C11H12N4. The molecule has 0 radical (unpaired) electrons. The first-order valence-electron chi connectivity index (χ1n) is 4.88. The van der Waals surface area contributed by atoms with Crippen LogP contribution in [0.25, 0.3) is 0 Å². The molecule has 2 rings (SSSR count). The van der Waals surface area contributed by atoms with E-state index in [1.165, 1.54) is 0 Å². The molecule has 0 aliphatic heterocycles. The summed E-state index contributed by atoms with van der Waals surface area (Å²) >= 11 is 0. The fraction of sp³-hybridized carbons (Fsp3) is 0.182. The van der Waals surface area contributed by atoms with Crippen molar-refractivity contribution >= 4 is 5.71 Å². The Bertz CT molecular complexity index is 431. The van der Waals surface area contributed by atoms with Gasteiger partial charge in [0.2, 0.25) is 0 Å². The van der Waals surface area contributed by atoms with Gasteiger partial charge in [-0.15, -0.1) is 10.2 Å². The molecule has 0 saturated carbocycles. The Morgan fingerprint density at radius 2 is 1.87 bits per heavy atom. The monoisotopic (exact) mass is 200 g/mol. The molecule has 4 heteroatoms. The molecule has 1 aromatic heterocycles. The Kier molecular flexibility index (Phi) is 2.88. The number of hydrogen-bond donors (Lipinski definition) is 0. The van der Waals surface area contributed by atoms with Gasteiger partial charge >= 0.3 is 0 Å². The minimum atomic E-state index is 0.877. The second-order valence-electron chi connectivity index (χ2n) is 3.11. The van der Waals surface area contributed by atoms with Crippen molar-refractivity contribution < 1.29 is 0 Å². The van der Waals surface area contributed by atoms with Gasteiger partial charge in [0.1, 0.15) is 12.7 Å². The van der Waals surface area contributed by atoms with Crippen LogP contribution in [0.3, 0.4) is 0 Å². The quantitative estimate of drug-likeness (QED) is 0.710. The van der Waals surface area contributed by atoms with E-state index >= 15 is 0 Å². The van der Waals surface area contributed by atoms with Gasteiger partial charge in [-0.2, -0.15) is 5.10 Å². The highest BCUT2D eigenvalue weighted by atomic mass is 15.4. The predicted octanol–water partition coefficient (Wildman–Crippen LogP) is 1.94. The maximum Gasteiger partial charge on any atom is 0.141 e. The summed E-state index contributed by atoms with van der Waals surface area (Å²) < 4.78 is 1.62. The molecule has 0 fully saturated rings. The summed E-state index contributed by atoms with van der Waals surface area (Å²) in [5.74, 6) is 0. The third-order valence-corrected chi connectivity index (χ3v) is 2.08. The molecule has 0 bridgehead atoms. The van der Waals surface area contributed by atoms with E-state index in [0.29, 0.717) is 0 Å². The lowest BCUT2D eigenvalue weighted by atomic mass is 10.1. The fourth-order valence-corrected chi connectivity index (χ4v) is 1.35. The van der Waals surface area contributed by atoms with Gasteiger partial charge < -0.3 is 0 Å². The Hall–Kier alpha value is -1.97. The number of aromatic nitrogens is 3. The molecule has 0 amide bonds. The minimum Gasteiger partial charge on any atom is -0.207 e. The molecule has 4 nitrogen and oxygen atoms in total. The molecule has 76 valence electrons. The number of nitrogens with zero attached hydrogens (tertiary/aromatic N) is 4. The molecule has 0 aliphatic carbocycles. The Labute approximate surface area is 88.3 Å². The van der Waals surface area contributed by atoms with Crippen LogP contribution in [0.5, 0.6) is 0 Å². The molecule has 0 N–H and O–H groups in total. The van der Waals surface area contributed by atoms with E-state index in [4.69, 9.17) is 0 Å². The molecule has 0 atom stereocenters. The van der Waals surface area contributed by atoms with Gasteiger partial charge in [0.25, 0.3) is 0 Å². The first kappa shape index (κ1) is 9.58. The predicted molar refractivity (Wildman–Crippen MR) is 58.7 cm³/mol. The van der Waals surface area contributed by atoms with Crippen molar-refractivity contribution in [3.8, 4) is 0 Å². The summed E-state index contributed by atoms with van der Waals surface area (Å²) in [6.45, 7) is 2.08. The zero-order valence-electron chi connectivity index (χ0n) is 8.54. The van der Waals surface area contributed by atoms with E-state index in [1.807, 2.05) is 30.3 Å². The largest absolute Gasteiger partial charge is 0.207 e. The van der Waals surface area contributed by atoms with Crippen LogP contribution in [0, 0.1) is 0 Å². The standard InChI is InChI=1S/C11H12N4/c1-2-11(10-6-4-3-5-7-10)14-15-8-12-13-9-15/h3-9H,2H2,1H3/b14-11+. The van der Waals surface area contributed by atoms with E-state index in [9.17, 15) is 0 Å². The van der Waals surface area contributed by atoms with Crippen molar-refractivity contribution in [3.63, 3.8) is 0 Å². The summed E-state index contributed by atoms with van der Waals surface area (Å²) in [7, 11) is 0. The summed E-state index contributed by atoms with van der Waals surface area (Å²) in [4.78, 5) is 0. The molecule has 15 heavy (non-hydrogen) atoms. The van der Waals surface area contributed by atoms with Crippen LogP contribution in [-0.4, -0.2) is 20.6 Å². The zero-order chi connectivity index (χ0) is 10.5. The van der Waals surface area contributed by atoms with E-state index in [1.54, 1.807) is 17.3 Å². The lowest BCUT2D eigenvalue weighted by Gasteiger charge is -2.02. The van der Waals surface area contributed by atoms with Crippen molar-refractivity contribution in [2.75, 3.05) is 0 Å². The van der Waals surface area contributed by atoms with Gasteiger partial charge in [0, 0.05) is 0 Å². The average molecular weight is 200 g/mol. The summed E-state index contributed by atoms with van der Waals surface area (Å²) in [6, 6.07) is 10.1. The van der Waals surface area contributed by atoms with Gasteiger partial charge in [-0.3, -0.25) is 0 Å². The van der Waals surface area contributed by atoms with Crippen LogP contribution in [0.15, 0.2) is 48.1 Å². The Morgan fingerprint density at radius 1 is 1.20 bits per heavy atom. The third-order valence-electron chi connectivity index (χ3n) is 2.08. The molecule has 0 spiro atoms. The van der Waals surface area contributed by atoms with Crippen molar-refractivity contribution in [3.05, 3.63) is 48.5 Å². The highest BCUT2D eigenvalue weighted by molar-refractivity contribution is 6.00. The topological polar surface area (TPSA) is 43.1 Å². The van der Waals surface area contributed by atoms with Gasteiger partial charge in [-0.05, 0) is 12.0 Å². The third kappa shape index (κ3) is 2.28. The van der Waals surface area contributed by atoms with Gasteiger partial charge in [-0.1, -0.05) is 37.3 Å². The van der Waals surface area contributed by atoms with Crippen molar-refractivity contribution in [1.82, 2.24) is 14.9 Å². The van der Waals surface area contributed by atoms with Crippen LogP contribution >= 0.6 is 0 Å². The van der Waals surface area contributed by atoms with Crippen LogP contribution in [0.1, 0.15) is 18.9 Å². The second-order valence-corrected chi connectivity index (χ2v) is 3.11. The van der Waals surface area contributed by atoms with Crippen LogP contribution in [-0.2, 0) is 0 Å². The molecule has 1 aromatic carbocycles. The molecule has 0 saturated heterocycles. The molecule has 0 aliphatic rings. The summed E-state index contributed by atoms with van der Waals surface area (Å²) in [5.41, 5.74) is 2.16. The second kappa shape index (κ2) is 4.50. The minimum absolute atomic E-state index is 0.877. The first-order valence-corrected chi connectivity index (χ1v) is 4.88. The maximum atomic E-state index is 4.42. The van der Waals surface area contributed by atoms with Crippen LogP contribution in [0.2, 0.25) is 0 Å². The Morgan fingerprint density at radius 3 is 2.47 bits per heavy atom. The smallest absolute Gasteiger partial charge is 0.141 e. The normalized spacial score (nSPS) is 11.7. The summed E-state index contributed by atoms with van der Waals surface area (Å²) in [6.07, 6.45) is 4.04. The fourth-order valence-electron chi connectivity index (χ4n) is 1.35. The maximum absolute atomic E-state index is 4.42. The number of rotatable bonds is 3. The average Bonchev–Trinajstić information content (AvgIpc) is 2.80. The lowest BCUT2D eigenvalue weighted by Crippen LogP contribution is -2.01. The van der Waals surface area contributed by atoms with Crippen LogP contribution in [0.4, 0.5) is 0 Å². The van der Waals surface area contributed by atoms with Crippen molar-refractivity contribution in [2.24, 2.45) is 5.10 Å². The first-order chi connectivity index (χ1) is 7.40. The van der Waals surface area contributed by atoms with Crippen molar-refractivity contribution in [1.29, 1.82) is 0 Å². The summed E-state index contributed by atoms with van der Waals surface area (Å²) in [5, 5.41) is 11.8.